The Hall–Kier alpha value is -0.340. The van der Waals surface area contributed by atoms with Gasteiger partial charge in [-0.05, 0) is 19.8 Å². The monoisotopic (exact) mass is 185 g/mol. The first kappa shape index (κ1) is 12.7. The van der Waals surface area contributed by atoms with E-state index >= 15 is 0 Å². The Balaban J connectivity index is 4.21. The van der Waals surface area contributed by atoms with Crippen LogP contribution in [0.1, 0.15) is 33.1 Å². The maximum absolute atomic E-state index is 9.65. The highest BCUT2D eigenvalue weighted by Gasteiger charge is 2.22. The molecule has 2 heteroatoms. The zero-order valence-corrected chi connectivity index (χ0v) is 8.61. The predicted octanol–water partition coefficient (Wildman–Crippen LogP) is 1.92. The summed E-state index contributed by atoms with van der Waals surface area (Å²) in [6, 6.07) is 0. The number of hydrogen-bond donors (Lipinski definition) is 2. The molecule has 0 fully saturated rings. The highest BCUT2D eigenvalue weighted by molar-refractivity contribution is 4.95. The molecular weight excluding hydrogens is 164 g/mol. The highest BCUT2D eigenvalue weighted by Crippen LogP contribution is 2.19. The van der Waals surface area contributed by atoms with Gasteiger partial charge in [0.2, 0.25) is 0 Å². The second-order valence-electron chi connectivity index (χ2n) is 3.35. The first-order valence-corrected chi connectivity index (χ1v) is 4.99. The Bertz CT molecular complexity index is 143. The van der Waals surface area contributed by atoms with Crippen molar-refractivity contribution in [3.63, 3.8) is 0 Å². The molecular formula is C11H21O2. The summed E-state index contributed by atoms with van der Waals surface area (Å²) in [5, 5.41) is 19.3. The lowest BCUT2D eigenvalue weighted by Gasteiger charge is -2.24. The standard InChI is InChI=1S/C11H21O2/c1-4-7-9(10(12)6-3)11(13)8-5-2/h5,8-13H,2,4,6-7H2,1,3H3/b8-5+. The maximum Gasteiger partial charge on any atom is 0.0773 e. The zero-order valence-electron chi connectivity index (χ0n) is 8.61. The summed E-state index contributed by atoms with van der Waals surface area (Å²) >= 11 is 0. The molecule has 0 saturated heterocycles. The van der Waals surface area contributed by atoms with E-state index in [9.17, 15) is 10.2 Å². The molecule has 0 aliphatic rings. The van der Waals surface area contributed by atoms with E-state index in [4.69, 9.17) is 0 Å². The number of rotatable bonds is 6. The van der Waals surface area contributed by atoms with Crippen molar-refractivity contribution < 1.29 is 10.2 Å². The Labute approximate surface area is 81.3 Å². The van der Waals surface area contributed by atoms with Crippen molar-refractivity contribution in [3.8, 4) is 0 Å². The van der Waals surface area contributed by atoms with Crippen molar-refractivity contribution >= 4 is 0 Å². The molecule has 3 atom stereocenters. The highest BCUT2D eigenvalue weighted by atomic mass is 16.3. The van der Waals surface area contributed by atoms with Gasteiger partial charge in [-0.15, -0.1) is 0 Å². The molecule has 13 heavy (non-hydrogen) atoms. The molecule has 0 saturated carbocycles. The molecule has 0 aromatic rings. The van der Waals surface area contributed by atoms with E-state index < -0.39 is 12.2 Å². The minimum atomic E-state index is -0.563. The van der Waals surface area contributed by atoms with Gasteiger partial charge in [0.1, 0.15) is 0 Å². The second kappa shape index (κ2) is 7.10. The molecule has 3 unspecified atom stereocenters. The van der Waals surface area contributed by atoms with Gasteiger partial charge in [-0.3, -0.25) is 0 Å². The minimum Gasteiger partial charge on any atom is -0.393 e. The van der Waals surface area contributed by atoms with Crippen molar-refractivity contribution in [2.24, 2.45) is 5.92 Å². The summed E-state index contributed by atoms with van der Waals surface area (Å²) in [5.41, 5.74) is 0. The number of aliphatic hydroxyl groups excluding tert-OH is 2. The van der Waals surface area contributed by atoms with Crippen LogP contribution in [0.2, 0.25) is 0 Å². The van der Waals surface area contributed by atoms with Gasteiger partial charge in [0.15, 0.2) is 0 Å². The summed E-state index contributed by atoms with van der Waals surface area (Å²) < 4.78 is 0. The van der Waals surface area contributed by atoms with Crippen LogP contribution in [-0.4, -0.2) is 22.4 Å². The molecule has 0 amide bonds. The van der Waals surface area contributed by atoms with Gasteiger partial charge in [-0.25, -0.2) is 0 Å². The fourth-order valence-corrected chi connectivity index (χ4v) is 1.51. The zero-order chi connectivity index (χ0) is 10.3. The topological polar surface area (TPSA) is 40.5 Å². The first-order valence-electron chi connectivity index (χ1n) is 4.99. The molecule has 2 nitrogen and oxygen atoms in total. The molecule has 0 aliphatic carbocycles. The van der Waals surface area contributed by atoms with Crippen molar-refractivity contribution in [1.29, 1.82) is 0 Å². The average molecular weight is 185 g/mol. The largest absolute Gasteiger partial charge is 0.393 e. The van der Waals surface area contributed by atoms with Crippen molar-refractivity contribution in [3.05, 3.63) is 19.1 Å². The minimum absolute atomic E-state index is 0.0481. The summed E-state index contributed by atoms with van der Waals surface area (Å²) in [6.45, 7) is 7.51. The number of allylic oxidation sites excluding steroid dienone is 1. The Morgan fingerprint density at radius 1 is 1.31 bits per heavy atom. The third-order valence-electron chi connectivity index (χ3n) is 2.31. The molecule has 77 valence electrons. The lowest BCUT2D eigenvalue weighted by Crippen LogP contribution is -2.30. The average Bonchev–Trinajstić information content (AvgIpc) is 2.13. The van der Waals surface area contributed by atoms with Crippen LogP contribution >= 0.6 is 0 Å². The molecule has 0 spiro atoms. The van der Waals surface area contributed by atoms with Crippen LogP contribution in [0.4, 0.5) is 0 Å². The van der Waals surface area contributed by atoms with Crippen molar-refractivity contribution in [2.45, 2.75) is 45.3 Å². The van der Waals surface area contributed by atoms with E-state index in [1.54, 1.807) is 12.2 Å². The number of hydrogen-bond acceptors (Lipinski definition) is 2. The van der Waals surface area contributed by atoms with E-state index in [0.29, 0.717) is 6.42 Å². The summed E-state index contributed by atoms with van der Waals surface area (Å²) in [7, 11) is 0. The molecule has 0 rings (SSSR count). The van der Waals surface area contributed by atoms with Crippen molar-refractivity contribution in [1.82, 2.24) is 0 Å². The van der Waals surface area contributed by atoms with Crippen LogP contribution < -0.4 is 0 Å². The second-order valence-corrected chi connectivity index (χ2v) is 3.35. The third-order valence-corrected chi connectivity index (χ3v) is 2.31. The smallest absolute Gasteiger partial charge is 0.0773 e. The van der Waals surface area contributed by atoms with Crippen LogP contribution in [0.25, 0.3) is 0 Å². The fourth-order valence-electron chi connectivity index (χ4n) is 1.51. The molecule has 0 aromatic carbocycles. The maximum atomic E-state index is 9.65. The van der Waals surface area contributed by atoms with Crippen LogP contribution in [0.3, 0.4) is 0 Å². The van der Waals surface area contributed by atoms with Crippen LogP contribution in [0.5, 0.6) is 0 Å². The van der Waals surface area contributed by atoms with Crippen LogP contribution in [-0.2, 0) is 0 Å². The van der Waals surface area contributed by atoms with E-state index in [1.165, 1.54) is 0 Å². The van der Waals surface area contributed by atoms with Crippen molar-refractivity contribution in [2.75, 3.05) is 0 Å². The molecule has 2 N–H and O–H groups in total. The SMILES string of the molecule is [CH2]/C=C/C(O)C(CCC)C(O)CC. The van der Waals surface area contributed by atoms with E-state index in [2.05, 4.69) is 13.8 Å². The van der Waals surface area contributed by atoms with Gasteiger partial charge in [0.05, 0.1) is 12.2 Å². The van der Waals surface area contributed by atoms with Crippen LogP contribution in [0, 0.1) is 12.8 Å². The lowest BCUT2D eigenvalue weighted by atomic mass is 9.89. The van der Waals surface area contributed by atoms with Gasteiger partial charge >= 0.3 is 0 Å². The van der Waals surface area contributed by atoms with Gasteiger partial charge in [0.25, 0.3) is 0 Å². The molecule has 0 aromatic heterocycles. The normalized spacial score (nSPS) is 18.8. The number of aliphatic hydroxyl groups is 2. The van der Waals surface area contributed by atoms with Gasteiger partial charge in [-0.1, -0.05) is 32.4 Å². The quantitative estimate of drug-likeness (QED) is 0.663. The van der Waals surface area contributed by atoms with E-state index in [-0.39, 0.29) is 5.92 Å². The van der Waals surface area contributed by atoms with Gasteiger partial charge < -0.3 is 10.2 Å². The van der Waals surface area contributed by atoms with Gasteiger partial charge in [-0.2, -0.15) is 0 Å². The first-order chi connectivity index (χ1) is 6.17. The van der Waals surface area contributed by atoms with Gasteiger partial charge in [0, 0.05) is 5.92 Å². The fraction of sp³-hybridized carbons (Fsp3) is 0.727. The lowest BCUT2D eigenvalue weighted by molar-refractivity contribution is 0.0280. The van der Waals surface area contributed by atoms with E-state index in [0.717, 1.165) is 12.8 Å². The Kier molecular flexibility index (Phi) is 6.92. The predicted molar refractivity (Wildman–Crippen MR) is 55.2 cm³/mol. The molecule has 0 heterocycles. The van der Waals surface area contributed by atoms with E-state index in [1.807, 2.05) is 6.92 Å². The Morgan fingerprint density at radius 3 is 2.31 bits per heavy atom. The molecule has 0 bridgehead atoms. The molecule has 0 aliphatic heterocycles. The summed E-state index contributed by atoms with van der Waals surface area (Å²) in [4.78, 5) is 0. The summed E-state index contributed by atoms with van der Waals surface area (Å²) in [5.74, 6) is -0.0481. The Morgan fingerprint density at radius 2 is 1.92 bits per heavy atom. The third kappa shape index (κ3) is 4.44. The molecule has 1 radical (unpaired) electrons. The summed E-state index contributed by atoms with van der Waals surface area (Å²) in [6.07, 6.45) is 4.75. The van der Waals surface area contributed by atoms with Crippen LogP contribution in [0.15, 0.2) is 12.2 Å².